The monoisotopic (exact) mass is 458 g/mol. The average molecular weight is 459 g/mol. The second-order valence-corrected chi connectivity index (χ2v) is 8.49. The highest BCUT2D eigenvalue weighted by molar-refractivity contribution is 7.80. The van der Waals surface area contributed by atoms with Gasteiger partial charge in [0.05, 0.1) is 5.69 Å². The third kappa shape index (κ3) is 4.12. The number of hydrogen-bond acceptors (Lipinski definition) is 4. The number of rotatable bonds is 5. The Bertz CT molecular complexity index is 1260. The molecule has 0 unspecified atom stereocenters. The molecule has 7 heteroatoms. The molecule has 1 saturated heterocycles. The topological polar surface area (TPSA) is 58.4 Å². The van der Waals surface area contributed by atoms with Crippen molar-refractivity contribution in [3.05, 3.63) is 82.8 Å². The molecule has 0 saturated carbocycles. The number of benzene rings is 1. The molecular formula is C26H26N4O2S. The van der Waals surface area contributed by atoms with Gasteiger partial charge in [0.2, 0.25) is 0 Å². The number of para-hydroxylation sites is 1. The van der Waals surface area contributed by atoms with Gasteiger partial charge in [-0.15, -0.1) is 0 Å². The largest absolute Gasteiger partial charge is 0.303 e. The van der Waals surface area contributed by atoms with Crippen molar-refractivity contribution >= 4 is 40.9 Å². The van der Waals surface area contributed by atoms with Crippen molar-refractivity contribution in [2.75, 3.05) is 11.4 Å². The van der Waals surface area contributed by atoms with Crippen LogP contribution < -0.4 is 4.90 Å². The minimum Gasteiger partial charge on any atom is -0.303 e. The molecule has 2 amide bonds. The van der Waals surface area contributed by atoms with Crippen LogP contribution >= 0.6 is 12.2 Å². The second kappa shape index (κ2) is 9.11. The highest BCUT2D eigenvalue weighted by Gasteiger charge is 2.40. The summed E-state index contributed by atoms with van der Waals surface area (Å²) in [5, 5.41) is 0.213. The van der Waals surface area contributed by atoms with Gasteiger partial charge in [-0.05, 0) is 80.9 Å². The number of aromatic nitrogens is 2. The van der Waals surface area contributed by atoms with Crippen molar-refractivity contribution in [1.82, 2.24) is 14.5 Å². The van der Waals surface area contributed by atoms with Crippen LogP contribution in [0.1, 0.15) is 35.9 Å². The molecular weight excluding hydrogens is 432 g/mol. The lowest BCUT2D eigenvalue weighted by molar-refractivity contribution is -0.127. The van der Waals surface area contributed by atoms with Gasteiger partial charge in [0.15, 0.2) is 5.11 Å². The van der Waals surface area contributed by atoms with Crippen molar-refractivity contribution in [1.29, 1.82) is 0 Å². The van der Waals surface area contributed by atoms with E-state index in [1.807, 2.05) is 87.0 Å². The summed E-state index contributed by atoms with van der Waals surface area (Å²) in [6.45, 7) is 8.36. The number of carbonyl (C=O) groups excluding carboxylic acids is 2. The molecule has 1 aliphatic heterocycles. The number of anilines is 1. The van der Waals surface area contributed by atoms with E-state index in [1.54, 1.807) is 6.08 Å². The molecule has 1 aliphatic rings. The van der Waals surface area contributed by atoms with Gasteiger partial charge in [0, 0.05) is 24.1 Å². The van der Waals surface area contributed by atoms with E-state index in [9.17, 15) is 9.59 Å². The van der Waals surface area contributed by atoms with E-state index in [2.05, 4.69) is 4.98 Å². The molecule has 3 heterocycles. The zero-order valence-corrected chi connectivity index (χ0v) is 20.0. The van der Waals surface area contributed by atoms with Crippen molar-refractivity contribution < 1.29 is 9.59 Å². The molecule has 4 rings (SSSR count). The minimum absolute atomic E-state index is 0.0954. The van der Waals surface area contributed by atoms with Crippen LogP contribution in [-0.2, 0) is 9.59 Å². The normalized spacial score (nSPS) is 15.6. The van der Waals surface area contributed by atoms with Crippen LogP contribution in [0.4, 0.5) is 5.69 Å². The molecule has 168 valence electrons. The third-order valence-electron chi connectivity index (χ3n) is 5.69. The number of aryl methyl sites for hydroxylation is 2. The molecule has 0 aliphatic carbocycles. The van der Waals surface area contributed by atoms with Crippen LogP contribution in [0, 0.1) is 20.8 Å². The standard InChI is InChI=1S/C26H26N4O2S/c1-5-13-28-24(31)22(25(32)30(26(28)33)21-9-7-6-8-10-21)15-20-14-18(3)29(19(20)4)23-12-11-17(2)16-27-23/h6-12,14-16H,5,13H2,1-4H3/b22-15-. The predicted octanol–water partition coefficient (Wildman–Crippen LogP) is 4.75. The van der Waals surface area contributed by atoms with Crippen LogP contribution in [0.25, 0.3) is 11.9 Å². The second-order valence-electron chi connectivity index (χ2n) is 8.13. The first-order chi connectivity index (χ1) is 15.8. The summed E-state index contributed by atoms with van der Waals surface area (Å²) in [5.41, 5.74) is 4.48. The van der Waals surface area contributed by atoms with Gasteiger partial charge in [-0.3, -0.25) is 19.4 Å². The summed E-state index contributed by atoms with van der Waals surface area (Å²) in [4.78, 5) is 34.3. The van der Waals surface area contributed by atoms with E-state index in [1.165, 1.54) is 9.80 Å². The van der Waals surface area contributed by atoms with Gasteiger partial charge < -0.3 is 4.57 Å². The van der Waals surface area contributed by atoms with Gasteiger partial charge in [-0.2, -0.15) is 0 Å². The maximum atomic E-state index is 13.5. The Morgan fingerprint density at radius 1 is 1.00 bits per heavy atom. The maximum Gasteiger partial charge on any atom is 0.270 e. The Morgan fingerprint density at radius 2 is 1.73 bits per heavy atom. The molecule has 3 aromatic rings. The first-order valence-corrected chi connectivity index (χ1v) is 11.3. The van der Waals surface area contributed by atoms with E-state index >= 15 is 0 Å². The third-order valence-corrected chi connectivity index (χ3v) is 6.09. The number of amides is 2. The molecule has 0 atom stereocenters. The van der Waals surface area contributed by atoms with Gasteiger partial charge in [0.1, 0.15) is 11.4 Å². The Morgan fingerprint density at radius 3 is 2.36 bits per heavy atom. The molecule has 1 fully saturated rings. The lowest BCUT2D eigenvalue weighted by atomic mass is 10.1. The van der Waals surface area contributed by atoms with Gasteiger partial charge in [-0.1, -0.05) is 31.2 Å². The zero-order chi connectivity index (χ0) is 23.7. The van der Waals surface area contributed by atoms with E-state index in [0.717, 1.165) is 34.8 Å². The number of pyridine rings is 1. The fraction of sp³-hybridized carbons (Fsp3) is 0.231. The fourth-order valence-corrected chi connectivity index (χ4v) is 4.40. The van der Waals surface area contributed by atoms with Crippen LogP contribution in [0.5, 0.6) is 0 Å². The zero-order valence-electron chi connectivity index (χ0n) is 19.2. The first kappa shape index (κ1) is 22.6. The Kier molecular flexibility index (Phi) is 6.24. The quantitative estimate of drug-likeness (QED) is 0.315. The van der Waals surface area contributed by atoms with E-state index in [4.69, 9.17) is 12.2 Å². The average Bonchev–Trinajstić information content (AvgIpc) is 3.08. The molecule has 2 aromatic heterocycles. The summed E-state index contributed by atoms with van der Waals surface area (Å²) in [7, 11) is 0. The van der Waals surface area contributed by atoms with Gasteiger partial charge >= 0.3 is 0 Å². The minimum atomic E-state index is -0.415. The molecule has 0 spiro atoms. The summed E-state index contributed by atoms with van der Waals surface area (Å²) >= 11 is 5.56. The lowest BCUT2D eigenvalue weighted by Crippen LogP contribution is -2.56. The fourth-order valence-electron chi connectivity index (χ4n) is 4.03. The highest BCUT2D eigenvalue weighted by atomic mass is 32.1. The van der Waals surface area contributed by atoms with Crippen molar-refractivity contribution in [3.8, 4) is 5.82 Å². The highest BCUT2D eigenvalue weighted by Crippen LogP contribution is 2.28. The van der Waals surface area contributed by atoms with E-state index in [-0.39, 0.29) is 16.6 Å². The summed E-state index contributed by atoms with van der Waals surface area (Å²) < 4.78 is 2.02. The number of nitrogens with zero attached hydrogens (tertiary/aromatic N) is 4. The van der Waals surface area contributed by atoms with Crippen LogP contribution in [0.15, 0.2) is 60.3 Å². The molecule has 0 radical (unpaired) electrons. The molecule has 33 heavy (non-hydrogen) atoms. The Labute approximate surface area is 199 Å². The molecule has 6 nitrogen and oxygen atoms in total. The number of thiocarbonyl (C=S) groups is 1. The van der Waals surface area contributed by atoms with Crippen molar-refractivity contribution in [3.63, 3.8) is 0 Å². The Hall–Kier alpha value is -3.58. The first-order valence-electron chi connectivity index (χ1n) is 10.9. The van der Waals surface area contributed by atoms with Crippen LogP contribution in [0.3, 0.4) is 0 Å². The maximum absolute atomic E-state index is 13.5. The molecule has 0 bridgehead atoms. The van der Waals surface area contributed by atoms with E-state index in [0.29, 0.717) is 12.2 Å². The van der Waals surface area contributed by atoms with Gasteiger partial charge in [0.25, 0.3) is 11.8 Å². The molecule has 1 aromatic carbocycles. The number of carbonyl (C=O) groups is 2. The predicted molar refractivity (Wildman–Crippen MR) is 134 cm³/mol. The Balaban J connectivity index is 1.81. The smallest absolute Gasteiger partial charge is 0.270 e. The lowest BCUT2D eigenvalue weighted by Gasteiger charge is -2.36. The van der Waals surface area contributed by atoms with Crippen LogP contribution in [0.2, 0.25) is 0 Å². The summed E-state index contributed by atoms with van der Waals surface area (Å²) in [5.74, 6) is 0.0142. The van der Waals surface area contributed by atoms with Crippen LogP contribution in [-0.4, -0.2) is 37.9 Å². The summed E-state index contributed by atoms with van der Waals surface area (Å²) in [6, 6.07) is 15.1. The van der Waals surface area contributed by atoms with Gasteiger partial charge in [-0.25, -0.2) is 4.98 Å². The summed E-state index contributed by atoms with van der Waals surface area (Å²) in [6.07, 6.45) is 4.23. The van der Waals surface area contributed by atoms with Crippen molar-refractivity contribution in [2.45, 2.75) is 34.1 Å². The molecule has 0 N–H and O–H groups in total. The van der Waals surface area contributed by atoms with Crippen molar-refractivity contribution in [2.24, 2.45) is 0 Å². The van der Waals surface area contributed by atoms with E-state index < -0.39 is 5.91 Å². The SMILES string of the molecule is CCCN1C(=O)/C(=C/c2cc(C)n(-c3ccc(C)cn3)c2C)C(=O)N(c2ccccc2)C1=S. The number of hydrogen-bond donors (Lipinski definition) is 0.